The molecular weight excluding hydrogens is 412 g/mol. The maximum Gasteiger partial charge on any atom is 0.332 e. The number of nitrogens with zero attached hydrogens (tertiary/aromatic N) is 5. The third-order valence-corrected chi connectivity index (χ3v) is 5.12. The van der Waals surface area contributed by atoms with Gasteiger partial charge in [-0.2, -0.15) is 4.98 Å². The number of hydrogen-bond donors (Lipinski definition) is 0. The third kappa shape index (κ3) is 3.31. The summed E-state index contributed by atoms with van der Waals surface area (Å²) >= 11 is 12.1. The molecule has 0 fully saturated rings. The first-order valence-electron chi connectivity index (χ1n) is 8.12. The van der Waals surface area contributed by atoms with Crippen molar-refractivity contribution in [2.75, 3.05) is 7.05 Å². The molecule has 3 aromatic rings. The predicted octanol–water partition coefficient (Wildman–Crippen LogP) is 1.54. The predicted molar refractivity (Wildman–Crippen MR) is 103 cm³/mol. The molecule has 0 N–H and O–H groups in total. The lowest BCUT2D eigenvalue weighted by molar-refractivity contribution is -0.131. The summed E-state index contributed by atoms with van der Waals surface area (Å²) in [5.41, 5.74) is -0.896. The summed E-state index contributed by atoms with van der Waals surface area (Å²) in [7, 11) is 4.25. The van der Waals surface area contributed by atoms with Crippen LogP contribution >= 0.6 is 23.2 Å². The number of carbonyl (C=O) groups excluding carboxylic acids is 1. The topological polar surface area (TPSA) is 82.1 Å². The Hall–Kier alpha value is -2.65. The second kappa shape index (κ2) is 7.40. The van der Waals surface area contributed by atoms with E-state index in [9.17, 15) is 18.8 Å². The lowest BCUT2D eigenvalue weighted by Gasteiger charge is -2.19. The Labute approximate surface area is 168 Å². The van der Waals surface area contributed by atoms with E-state index in [1.54, 1.807) is 0 Å². The highest BCUT2D eigenvalue weighted by atomic mass is 35.5. The molecule has 28 heavy (non-hydrogen) atoms. The minimum Gasteiger partial charge on any atom is -0.340 e. The van der Waals surface area contributed by atoms with E-state index in [0.29, 0.717) is 0 Å². The SMILES string of the molecule is CN(Cc1c(F)cccc1Cl)C(=O)Cn1c(Cl)nc2c1c(=O)n(C)c(=O)n2C. The highest BCUT2D eigenvalue weighted by Gasteiger charge is 2.22. The van der Waals surface area contributed by atoms with Crippen LogP contribution in [0.5, 0.6) is 0 Å². The number of likely N-dealkylation sites (N-methyl/N-ethyl adjacent to an activating group) is 1. The van der Waals surface area contributed by atoms with Gasteiger partial charge in [0, 0.05) is 38.3 Å². The van der Waals surface area contributed by atoms with Crippen molar-refractivity contribution >= 4 is 40.3 Å². The number of rotatable bonds is 4. The molecule has 0 unspecified atom stereocenters. The normalized spacial score (nSPS) is 11.2. The summed E-state index contributed by atoms with van der Waals surface area (Å²) in [5.74, 6) is -0.974. The van der Waals surface area contributed by atoms with Gasteiger partial charge in [0.15, 0.2) is 11.2 Å². The molecule has 0 aliphatic carbocycles. The van der Waals surface area contributed by atoms with Crippen LogP contribution < -0.4 is 11.2 Å². The van der Waals surface area contributed by atoms with Crippen LogP contribution in [0, 0.1) is 5.82 Å². The van der Waals surface area contributed by atoms with Gasteiger partial charge in [-0.25, -0.2) is 9.18 Å². The van der Waals surface area contributed by atoms with Crippen molar-refractivity contribution in [3.05, 3.63) is 60.7 Å². The minimum atomic E-state index is -0.620. The van der Waals surface area contributed by atoms with E-state index in [-0.39, 0.29) is 40.1 Å². The van der Waals surface area contributed by atoms with Crippen LogP contribution in [0.4, 0.5) is 4.39 Å². The number of fused-ring (bicyclic) bond motifs is 1. The van der Waals surface area contributed by atoms with E-state index in [4.69, 9.17) is 23.2 Å². The highest BCUT2D eigenvalue weighted by molar-refractivity contribution is 6.31. The van der Waals surface area contributed by atoms with Gasteiger partial charge in [0.2, 0.25) is 11.2 Å². The molecule has 0 saturated heterocycles. The van der Waals surface area contributed by atoms with E-state index in [1.807, 2.05) is 0 Å². The number of benzene rings is 1. The Morgan fingerprint density at radius 1 is 1.21 bits per heavy atom. The molecule has 0 aliphatic heterocycles. The maximum atomic E-state index is 14.0. The minimum absolute atomic E-state index is 0.0280. The van der Waals surface area contributed by atoms with Gasteiger partial charge in [0.25, 0.3) is 5.56 Å². The fraction of sp³-hybridized carbons (Fsp3) is 0.294. The molecule has 2 aromatic heterocycles. The van der Waals surface area contributed by atoms with Crippen molar-refractivity contribution in [1.29, 1.82) is 0 Å². The average Bonchev–Trinajstić information content (AvgIpc) is 2.97. The molecule has 8 nitrogen and oxygen atoms in total. The fourth-order valence-corrected chi connectivity index (χ4v) is 3.28. The van der Waals surface area contributed by atoms with Gasteiger partial charge in [-0.15, -0.1) is 0 Å². The number of aromatic nitrogens is 4. The summed E-state index contributed by atoms with van der Waals surface area (Å²) < 4.78 is 17.3. The molecule has 0 aliphatic rings. The van der Waals surface area contributed by atoms with Gasteiger partial charge in [-0.1, -0.05) is 17.7 Å². The van der Waals surface area contributed by atoms with Gasteiger partial charge < -0.3 is 4.90 Å². The van der Waals surface area contributed by atoms with Crippen LogP contribution in [0.1, 0.15) is 5.56 Å². The monoisotopic (exact) mass is 427 g/mol. The molecule has 148 valence electrons. The van der Waals surface area contributed by atoms with Crippen LogP contribution in [0.2, 0.25) is 10.3 Å². The molecule has 0 bridgehead atoms. The second-order valence-electron chi connectivity index (χ2n) is 6.29. The Morgan fingerprint density at radius 2 is 1.89 bits per heavy atom. The molecular formula is C17H16Cl2FN5O3. The number of imidazole rings is 1. The van der Waals surface area contributed by atoms with Gasteiger partial charge in [0.1, 0.15) is 12.4 Å². The Kier molecular flexibility index (Phi) is 5.31. The van der Waals surface area contributed by atoms with Crippen molar-refractivity contribution in [3.8, 4) is 0 Å². The lowest BCUT2D eigenvalue weighted by atomic mass is 10.2. The van der Waals surface area contributed by atoms with Crippen molar-refractivity contribution < 1.29 is 9.18 Å². The summed E-state index contributed by atoms with van der Waals surface area (Å²) in [4.78, 5) is 42.5. The van der Waals surface area contributed by atoms with Crippen LogP contribution in [-0.4, -0.2) is 36.5 Å². The summed E-state index contributed by atoms with van der Waals surface area (Å²) in [6.07, 6.45) is 0. The molecule has 0 atom stereocenters. The zero-order valence-corrected chi connectivity index (χ0v) is 16.8. The summed E-state index contributed by atoms with van der Waals surface area (Å²) in [6.45, 7) is -0.379. The molecule has 0 radical (unpaired) electrons. The number of hydrogen-bond acceptors (Lipinski definition) is 4. The first-order chi connectivity index (χ1) is 13.1. The first kappa shape index (κ1) is 20.1. The summed E-state index contributed by atoms with van der Waals surface area (Å²) in [5, 5.41) is 0.0913. The van der Waals surface area contributed by atoms with E-state index < -0.39 is 23.0 Å². The third-order valence-electron chi connectivity index (χ3n) is 4.48. The largest absolute Gasteiger partial charge is 0.340 e. The van der Waals surface area contributed by atoms with Crippen LogP contribution in [0.15, 0.2) is 27.8 Å². The van der Waals surface area contributed by atoms with Gasteiger partial charge in [-0.3, -0.25) is 23.3 Å². The quantitative estimate of drug-likeness (QED) is 0.591. The molecule has 2 heterocycles. The van der Waals surface area contributed by atoms with E-state index in [2.05, 4.69) is 4.98 Å². The van der Waals surface area contributed by atoms with Crippen molar-refractivity contribution in [2.45, 2.75) is 13.1 Å². The molecule has 1 aromatic carbocycles. The zero-order valence-electron chi connectivity index (χ0n) is 15.2. The van der Waals surface area contributed by atoms with E-state index in [0.717, 1.165) is 4.57 Å². The Balaban J connectivity index is 1.97. The lowest BCUT2D eigenvalue weighted by Crippen LogP contribution is -2.38. The highest BCUT2D eigenvalue weighted by Crippen LogP contribution is 2.21. The number of halogens is 3. The van der Waals surface area contributed by atoms with Crippen molar-refractivity contribution in [1.82, 2.24) is 23.6 Å². The molecule has 11 heteroatoms. The van der Waals surface area contributed by atoms with Crippen molar-refractivity contribution in [2.24, 2.45) is 14.1 Å². The van der Waals surface area contributed by atoms with Gasteiger partial charge >= 0.3 is 5.69 Å². The molecule has 1 amide bonds. The van der Waals surface area contributed by atoms with E-state index in [1.165, 1.54) is 53.4 Å². The standard InChI is InChI=1S/C17H16Cl2FN5O3/c1-22(7-9-10(18)5-4-6-11(9)20)12(26)8-25-13-14(21-16(25)19)23(2)17(28)24(3)15(13)27/h4-6H,7-8H2,1-3H3. The number of amides is 1. The molecule has 0 saturated carbocycles. The van der Waals surface area contributed by atoms with Crippen LogP contribution in [0.3, 0.4) is 0 Å². The molecule has 3 rings (SSSR count). The summed E-state index contributed by atoms with van der Waals surface area (Å²) in [6, 6.07) is 4.26. The smallest absolute Gasteiger partial charge is 0.332 e. The first-order valence-corrected chi connectivity index (χ1v) is 8.87. The maximum absolute atomic E-state index is 14.0. The van der Waals surface area contributed by atoms with Crippen LogP contribution in [0.25, 0.3) is 11.2 Å². The van der Waals surface area contributed by atoms with Gasteiger partial charge in [0.05, 0.1) is 0 Å². The van der Waals surface area contributed by atoms with E-state index >= 15 is 0 Å². The number of aryl methyl sites for hydroxylation is 1. The van der Waals surface area contributed by atoms with Crippen LogP contribution in [-0.2, 0) is 32.0 Å². The molecule has 0 spiro atoms. The van der Waals surface area contributed by atoms with Crippen molar-refractivity contribution in [3.63, 3.8) is 0 Å². The second-order valence-corrected chi connectivity index (χ2v) is 7.04. The number of carbonyl (C=O) groups is 1. The van der Waals surface area contributed by atoms with Gasteiger partial charge in [-0.05, 0) is 23.7 Å². The average molecular weight is 428 g/mol. The Morgan fingerprint density at radius 3 is 2.54 bits per heavy atom. The fourth-order valence-electron chi connectivity index (χ4n) is 2.83. The zero-order chi connectivity index (χ0) is 20.7. The Bertz CT molecular complexity index is 1190.